The number of hydrogen-bond donors (Lipinski definition) is 0. The van der Waals surface area contributed by atoms with Crippen LogP contribution >= 0.6 is 9.12 Å². The van der Waals surface area contributed by atoms with Crippen molar-refractivity contribution in [3.05, 3.63) is 70.3 Å². The third-order valence-electron chi connectivity index (χ3n) is 4.55. The average molecular weight is 401 g/mol. The highest BCUT2D eigenvalue weighted by Crippen LogP contribution is 2.27. The first-order valence-electron chi connectivity index (χ1n) is 9.53. The summed E-state index contributed by atoms with van der Waals surface area (Å²) in [5, 5.41) is 0. The molecule has 2 aromatic carbocycles. The summed E-state index contributed by atoms with van der Waals surface area (Å²) in [7, 11) is 1.17. The third-order valence-corrected chi connectivity index (χ3v) is 4.55. The quantitative estimate of drug-likeness (QED) is 0.192. The van der Waals surface area contributed by atoms with Crippen molar-refractivity contribution in [2.75, 3.05) is 6.61 Å². The van der Waals surface area contributed by atoms with Gasteiger partial charge in [0.05, 0.1) is 6.61 Å². The van der Waals surface area contributed by atoms with E-state index in [0.29, 0.717) is 17.7 Å². The molecule has 4 nitrogen and oxygen atoms in total. The number of aryl methyl sites for hydroxylation is 3. The fourth-order valence-electron chi connectivity index (χ4n) is 3.36. The van der Waals surface area contributed by atoms with Crippen molar-refractivity contribution in [1.82, 2.24) is 0 Å². The van der Waals surface area contributed by atoms with Crippen molar-refractivity contribution in [3.8, 4) is 0 Å². The van der Waals surface area contributed by atoms with E-state index in [1.165, 1.54) is 9.12 Å². The van der Waals surface area contributed by atoms with Crippen LogP contribution in [0.25, 0.3) is 0 Å². The molecule has 0 aliphatic heterocycles. The Bertz CT molecular complexity index is 763. The third kappa shape index (κ3) is 6.38. The molecule has 28 heavy (non-hydrogen) atoms. The van der Waals surface area contributed by atoms with Crippen molar-refractivity contribution >= 4 is 20.9 Å². The second-order valence-corrected chi connectivity index (χ2v) is 6.86. The molecule has 5 heteroatoms. The molecule has 0 aliphatic carbocycles. The zero-order valence-electron chi connectivity index (χ0n) is 17.2. The largest absolute Gasteiger partial charge is 0.465 e. The normalized spacial score (nSPS) is 11.1. The van der Waals surface area contributed by atoms with Gasteiger partial charge in [-0.15, -0.1) is 0 Å². The van der Waals surface area contributed by atoms with Gasteiger partial charge in [0.1, 0.15) is 5.92 Å². The molecule has 0 aliphatic rings. The predicted molar refractivity (Wildman–Crippen MR) is 115 cm³/mol. The summed E-state index contributed by atoms with van der Waals surface area (Å²) in [6, 6.07) is 13.1. The minimum absolute atomic E-state index is 0.188. The lowest BCUT2D eigenvalue weighted by Crippen LogP contribution is -2.26. The number of benzene rings is 2. The van der Waals surface area contributed by atoms with E-state index in [9.17, 15) is 9.59 Å². The van der Waals surface area contributed by atoms with Crippen LogP contribution in [0.2, 0.25) is 0 Å². The van der Waals surface area contributed by atoms with Crippen LogP contribution < -0.4 is 0 Å². The maximum absolute atomic E-state index is 13.3. The van der Waals surface area contributed by atoms with Gasteiger partial charge in [0, 0.05) is 5.56 Å². The summed E-state index contributed by atoms with van der Waals surface area (Å²) in [6.45, 7) is 8.30. The number of Topliss-reactive ketones (excluding diaryl/α,β-unsaturated/α-hetero) is 1. The summed E-state index contributed by atoms with van der Waals surface area (Å²) in [5.41, 5.74) is 4.20. The van der Waals surface area contributed by atoms with E-state index in [0.717, 1.165) is 36.0 Å². The Balaban J connectivity index is 0.00000190. The Labute approximate surface area is 169 Å². The Morgan fingerprint density at radius 2 is 1.54 bits per heavy atom. The van der Waals surface area contributed by atoms with Gasteiger partial charge in [0.25, 0.3) is 0 Å². The van der Waals surface area contributed by atoms with Gasteiger partial charge in [0.2, 0.25) is 0 Å². The van der Waals surface area contributed by atoms with Gasteiger partial charge in [-0.1, -0.05) is 72.4 Å². The van der Waals surface area contributed by atoms with Crippen LogP contribution in [-0.4, -0.2) is 18.4 Å². The zero-order valence-corrected chi connectivity index (χ0v) is 18.3. The lowest BCUT2D eigenvalue weighted by molar-refractivity contribution is -0.144. The van der Waals surface area contributed by atoms with Gasteiger partial charge in [-0.3, -0.25) is 9.59 Å². The Morgan fingerprint density at radius 3 is 2.07 bits per heavy atom. The van der Waals surface area contributed by atoms with E-state index in [1.54, 1.807) is 0 Å². The van der Waals surface area contributed by atoms with Gasteiger partial charge < -0.3 is 4.74 Å². The first-order chi connectivity index (χ1) is 13.5. The Morgan fingerprint density at radius 1 is 0.964 bits per heavy atom. The van der Waals surface area contributed by atoms with E-state index >= 15 is 0 Å². The molecular weight excluding hydrogens is 371 g/mol. The summed E-state index contributed by atoms with van der Waals surface area (Å²) < 4.78 is 13.6. The molecule has 150 valence electrons. The van der Waals surface area contributed by atoms with Crippen molar-refractivity contribution in [3.63, 3.8) is 0 Å². The number of unbranched alkanes of at least 4 members (excludes halogenated alkanes) is 2. The summed E-state index contributed by atoms with van der Waals surface area (Å²) >= 11 is 0. The van der Waals surface area contributed by atoms with Gasteiger partial charge in [-0.05, 0) is 43.9 Å². The van der Waals surface area contributed by atoms with Crippen LogP contribution in [0.3, 0.4) is 0 Å². The molecule has 0 fully saturated rings. The molecule has 0 bridgehead atoms. The number of ether oxygens (including phenoxy) is 1. The van der Waals surface area contributed by atoms with Crippen LogP contribution in [0.15, 0.2) is 42.5 Å². The average Bonchev–Trinajstić information content (AvgIpc) is 2.67. The van der Waals surface area contributed by atoms with E-state index < -0.39 is 11.9 Å². The fraction of sp³-hybridized carbons (Fsp3) is 0.391. The van der Waals surface area contributed by atoms with Crippen molar-refractivity contribution in [2.24, 2.45) is 0 Å². The molecule has 0 saturated carbocycles. The summed E-state index contributed by atoms with van der Waals surface area (Å²) in [4.78, 5) is 26.1. The highest BCUT2D eigenvalue weighted by atomic mass is 31.0. The summed E-state index contributed by atoms with van der Waals surface area (Å²) in [5.74, 6) is -1.57. The Hall–Kier alpha value is -2.32. The van der Waals surface area contributed by atoms with Gasteiger partial charge in [-0.25, -0.2) is 0 Å². The highest BCUT2D eigenvalue weighted by Gasteiger charge is 2.32. The molecule has 2 rings (SSSR count). The van der Waals surface area contributed by atoms with Crippen molar-refractivity contribution < 1.29 is 18.9 Å². The molecule has 2 atom stereocenters. The second kappa shape index (κ2) is 12.2. The molecule has 0 spiro atoms. The number of hydrogen-bond acceptors (Lipinski definition) is 4. The molecule has 0 amide bonds. The minimum atomic E-state index is -0.919. The smallest absolute Gasteiger partial charge is 0.321 e. The number of carbonyl (C=O) groups is 2. The maximum Gasteiger partial charge on any atom is 0.321 e. The lowest BCUT2D eigenvalue weighted by Gasteiger charge is -2.18. The van der Waals surface area contributed by atoms with E-state index in [-0.39, 0.29) is 5.78 Å². The van der Waals surface area contributed by atoms with Crippen LogP contribution in [0.4, 0.5) is 0 Å². The molecule has 2 aromatic rings. The molecule has 0 radical (unpaired) electrons. The highest BCUT2D eigenvalue weighted by molar-refractivity contribution is 7.00. The van der Waals surface area contributed by atoms with E-state index in [4.69, 9.17) is 9.30 Å². The second-order valence-electron chi connectivity index (χ2n) is 6.86. The minimum Gasteiger partial charge on any atom is -0.465 e. The molecule has 0 saturated heterocycles. The molecule has 0 aromatic heterocycles. The van der Waals surface area contributed by atoms with Crippen LogP contribution in [0.1, 0.15) is 64.7 Å². The topological polar surface area (TPSA) is 60.4 Å². The maximum atomic E-state index is 13.3. The van der Waals surface area contributed by atoms with Crippen LogP contribution in [-0.2, 0) is 14.1 Å². The first-order valence-corrected chi connectivity index (χ1v) is 10.00. The van der Waals surface area contributed by atoms with Crippen molar-refractivity contribution in [2.45, 2.75) is 52.9 Å². The number of carbonyl (C=O) groups excluding carboxylic acids is 2. The van der Waals surface area contributed by atoms with Crippen LogP contribution in [0.5, 0.6) is 0 Å². The van der Waals surface area contributed by atoms with Gasteiger partial charge >= 0.3 is 15.1 Å². The Kier molecular flexibility index (Phi) is 10.3. The van der Waals surface area contributed by atoms with Gasteiger partial charge in [0.15, 0.2) is 5.78 Å². The fourth-order valence-corrected chi connectivity index (χ4v) is 3.36. The van der Waals surface area contributed by atoms with E-state index in [2.05, 4.69) is 6.92 Å². The monoisotopic (exact) mass is 401 g/mol. The number of ketones is 1. The van der Waals surface area contributed by atoms with Crippen molar-refractivity contribution in [1.29, 1.82) is 0 Å². The first kappa shape index (κ1) is 23.7. The van der Waals surface area contributed by atoms with Crippen LogP contribution in [0, 0.1) is 20.8 Å². The number of rotatable bonds is 8. The predicted octanol–water partition coefficient (Wildman–Crippen LogP) is 5.52. The molecular formula is C23H30O4P+. The molecule has 0 heterocycles. The van der Waals surface area contributed by atoms with Gasteiger partial charge in [-0.2, -0.15) is 0 Å². The molecule has 2 unspecified atom stereocenters. The summed E-state index contributed by atoms with van der Waals surface area (Å²) in [6.07, 6.45) is 2.88. The number of esters is 1. The molecule has 0 N–H and O–H groups in total. The zero-order chi connectivity index (χ0) is 21.1. The standard InChI is InChI=1S/C23H28O3.H2OP/c1-5-6-10-13-26-23(25)21(19-11-8-7-9-12-19)22(24)20-17(3)14-16(2)15-18(20)4;1-2/h7-9,11-12,14-15,21H,5-6,10,13H2,1-4H3;2H2/q;+1. The SMILES string of the molecule is CCCCCOC(=O)C(C(=O)c1c(C)cc(C)cc1C)c1ccccc1.O=[PH2+]. The lowest BCUT2D eigenvalue weighted by atomic mass is 9.86. The van der Waals surface area contributed by atoms with E-state index in [1.807, 2.05) is 63.2 Å².